The molecule has 7 heteroatoms. The van der Waals surface area contributed by atoms with Gasteiger partial charge in [-0.05, 0) is 12.1 Å². The first kappa shape index (κ1) is 11.1. The average molecular weight is 236 g/mol. The second-order valence-electron chi connectivity index (χ2n) is 3.00. The number of halogens is 1. The van der Waals surface area contributed by atoms with E-state index >= 15 is 0 Å². The number of ether oxygens (including phenoxy) is 2. The van der Waals surface area contributed by atoms with E-state index in [0.29, 0.717) is 0 Å². The van der Waals surface area contributed by atoms with Crippen LogP contribution in [0.4, 0.5) is 10.3 Å². The highest BCUT2D eigenvalue weighted by atomic mass is 19.1. The molecule has 17 heavy (non-hydrogen) atoms. The van der Waals surface area contributed by atoms with Crippen molar-refractivity contribution in [3.8, 4) is 17.8 Å². The van der Waals surface area contributed by atoms with Crippen molar-refractivity contribution in [3.63, 3.8) is 0 Å². The van der Waals surface area contributed by atoms with Crippen molar-refractivity contribution in [2.45, 2.75) is 0 Å². The fraction of sp³-hybridized carbons (Fsp3) is 0.100. The zero-order chi connectivity index (χ0) is 12.3. The number of benzene rings is 1. The first-order valence-electron chi connectivity index (χ1n) is 4.67. The van der Waals surface area contributed by atoms with Gasteiger partial charge in [0.15, 0.2) is 11.6 Å². The Kier molecular flexibility index (Phi) is 2.99. The Morgan fingerprint density at radius 1 is 1.12 bits per heavy atom. The summed E-state index contributed by atoms with van der Waals surface area (Å²) in [6.45, 7) is 0. The Morgan fingerprint density at radius 2 is 1.82 bits per heavy atom. The summed E-state index contributed by atoms with van der Waals surface area (Å²) in [7, 11) is 1.38. The van der Waals surface area contributed by atoms with Crippen LogP contribution < -0.4 is 15.2 Å². The first-order valence-corrected chi connectivity index (χ1v) is 4.67. The van der Waals surface area contributed by atoms with Gasteiger partial charge < -0.3 is 15.2 Å². The van der Waals surface area contributed by atoms with Crippen LogP contribution in [0.3, 0.4) is 0 Å². The molecule has 0 radical (unpaired) electrons. The molecule has 0 amide bonds. The predicted molar refractivity (Wildman–Crippen MR) is 57.3 cm³/mol. The number of hydrogen-bond acceptors (Lipinski definition) is 6. The van der Waals surface area contributed by atoms with Crippen LogP contribution in [0.25, 0.3) is 0 Å². The van der Waals surface area contributed by atoms with Crippen LogP contribution in [0.5, 0.6) is 17.8 Å². The Morgan fingerprint density at radius 3 is 2.53 bits per heavy atom. The first-order chi connectivity index (χ1) is 8.19. The zero-order valence-corrected chi connectivity index (χ0v) is 8.92. The Balaban J connectivity index is 2.30. The highest BCUT2D eigenvalue weighted by Crippen LogP contribution is 2.22. The number of para-hydroxylation sites is 1. The van der Waals surface area contributed by atoms with Crippen LogP contribution in [-0.2, 0) is 0 Å². The van der Waals surface area contributed by atoms with Gasteiger partial charge in [-0.2, -0.15) is 9.97 Å². The normalized spacial score (nSPS) is 10.0. The van der Waals surface area contributed by atoms with E-state index in [2.05, 4.69) is 15.0 Å². The summed E-state index contributed by atoms with van der Waals surface area (Å²) in [4.78, 5) is 11.2. The Labute approximate surface area is 96.2 Å². The topological polar surface area (TPSA) is 83.2 Å². The van der Waals surface area contributed by atoms with Crippen LogP contribution in [0.1, 0.15) is 0 Å². The molecule has 0 saturated carbocycles. The second kappa shape index (κ2) is 4.60. The maximum atomic E-state index is 13.3. The molecular formula is C10H9FN4O2. The van der Waals surface area contributed by atoms with Crippen molar-refractivity contribution in [2.75, 3.05) is 12.8 Å². The van der Waals surface area contributed by atoms with Gasteiger partial charge in [0, 0.05) is 0 Å². The van der Waals surface area contributed by atoms with Gasteiger partial charge in [-0.3, -0.25) is 0 Å². The van der Waals surface area contributed by atoms with Crippen LogP contribution in [0.2, 0.25) is 0 Å². The lowest BCUT2D eigenvalue weighted by atomic mass is 10.3. The third kappa shape index (κ3) is 2.57. The van der Waals surface area contributed by atoms with Gasteiger partial charge in [0.05, 0.1) is 7.11 Å². The molecule has 1 heterocycles. The van der Waals surface area contributed by atoms with Crippen LogP contribution in [-0.4, -0.2) is 22.1 Å². The number of nitrogens with two attached hydrogens (primary N) is 1. The summed E-state index contributed by atoms with van der Waals surface area (Å²) in [6.07, 6.45) is 0. The van der Waals surface area contributed by atoms with Crippen molar-refractivity contribution in [1.29, 1.82) is 0 Å². The fourth-order valence-electron chi connectivity index (χ4n) is 1.12. The fourth-order valence-corrected chi connectivity index (χ4v) is 1.12. The van der Waals surface area contributed by atoms with Gasteiger partial charge in [-0.25, -0.2) is 4.39 Å². The van der Waals surface area contributed by atoms with Gasteiger partial charge in [0.25, 0.3) is 0 Å². The van der Waals surface area contributed by atoms with E-state index in [4.69, 9.17) is 15.2 Å². The molecule has 0 saturated heterocycles. The molecule has 88 valence electrons. The highest BCUT2D eigenvalue weighted by molar-refractivity contribution is 5.28. The lowest BCUT2D eigenvalue weighted by Gasteiger charge is -2.05. The summed E-state index contributed by atoms with van der Waals surface area (Å²) < 4.78 is 23.2. The molecular weight excluding hydrogens is 227 g/mol. The lowest BCUT2D eigenvalue weighted by molar-refractivity contribution is 0.355. The van der Waals surface area contributed by atoms with Crippen molar-refractivity contribution >= 4 is 5.95 Å². The minimum atomic E-state index is -0.523. The highest BCUT2D eigenvalue weighted by Gasteiger charge is 2.09. The van der Waals surface area contributed by atoms with E-state index in [-0.39, 0.29) is 23.7 Å². The molecule has 0 aliphatic rings. The molecule has 0 bridgehead atoms. The molecule has 6 nitrogen and oxygen atoms in total. The largest absolute Gasteiger partial charge is 0.467 e. The molecule has 0 aliphatic carbocycles. The van der Waals surface area contributed by atoms with Gasteiger partial charge in [-0.15, -0.1) is 4.98 Å². The number of hydrogen-bond donors (Lipinski definition) is 1. The number of anilines is 1. The summed E-state index contributed by atoms with van der Waals surface area (Å²) in [6, 6.07) is 5.76. The summed E-state index contributed by atoms with van der Waals surface area (Å²) in [5.74, 6) is -0.589. The van der Waals surface area contributed by atoms with Gasteiger partial charge >= 0.3 is 12.0 Å². The monoisotopic (exact) mass is 236 g/mol. The lowest BCUT2D eigenvalue weighted by Crippen LogP contribution is -2.03. The molecule has 2 N–H and O–H groups in total. The number of methoxy groups -OCH3 is 1. The zero-order valence-electron chi connectivity index (χ0n) is 8.92. The van der Waals surface area contributed by atoms with E-state index in [9.17, 15) is 4.39 Å². The van der Waals surface area contributed by atoms with Gasteiger partial charge in [0.1, 0.15) is 0 Å². The van der Waals surface area contributed by atoms with Crippen LogP contribution in [0.15, 0.2) is 24.3 Å². The third-order valence-electron chi connectivity index (χ3n) is 1.83. The van der Waals surface area contributed by atoms with Crippen molar-refractivity contribution < 1.29 is 13.9 Å². The number of nitrogen functional groups attached to an aromatic ring is 1. The molecule has 2 aromatic rings. The Hall–Kier alpha value is -2.44. The van der Waals surface area contributed by atoms with Gasteiger partial charge in [0.2, 0.25) is 5.95 Å². The molecule has 1 aromatic heterocycles. The summed E-state index contributed by atoms with van der Waals surface area (Å²) in [5.41, 5.74) is 5.41. The summed E-state index contributed by atoms with van der Waals surface area (Å²) in [5, 5.41) is 0. The van der Waals surface area contributed by atoms with Crippen LogP contribution in [0, 0.1) is 5.82 Å². The molecule has 0 atom stereocenters. The van der Waals surface area contributed by atoms with Crippen molar-refractivity contribution in [1.82, 2.24) is 15.0 Å². The van der Waals surface area contributed by atoms with E-state index in [1.165, 1.54) is 19.2 Å². The second-order valence-corrected chi connectivity index (χ2v) is 3.00. The van der Waals surface area contributed by atoms with Crippen molar-refractivity contribution in [3.05, 3.63) is 30.1 Å². The molecule has 0 spiro atoms. The maximum absolute atomic E-state index is 13.3. The van der Waals surface area contributed by atoms with E-state index in [0.717, 1.165) is 0 Å². The molecule has 2 rings (SSSR count). The molecule has 1 aromatic carbocycles. The van der Waals surface area contributed by atoms with Gasteiger partial charge in [-0.1, -0.05) is 12.1 Å². The smallest absolute Gasteiger partial charge is 0.330 e. The maximum Gasteiger partial charge on any atom is 0.330 e. The molecule has 0 fully saturated rings. The van der Waals surface area contributed by atoms with Crippen molar-refractivity contribution in [2.24, 2.45) is 0 Å². The van der Waals surface area contributed by atoms with E-state index < -0.39 is 5.82 Å². The minimum Gasteiger partial charge on any atom is -0.467 e. The quantitative estimate of drug-likeness (QED) is 0.867. The summed E-state index contributed by atoms with van der Waals surface area (Å²) >= 11 is 0. The average Bonchev–Trinajstić information content (AvgIpc) is 2.31. The predicted octanol–water partition coefficient (Wildman–Crippen LogP) is 1.39. The number of rotatable bonds is 3. The van der Waals surface area contributed by atoms with E-state index in [1.807, 2.05) is 0 Å². The van der Waals surface area contributed by atoms with Crippen LogP contribution >= 0.6 is 0 Å². The Bertz CT molecular complexity index is 535. The van der Waals surface area contributed by atoms with E-state index in [1.54, 1.807) is 12.1 Å². The third-order valence-corrected chi connectivity index (χ3v) is 1.83. The molecule has 0 unspecified atom stereocenters. The molecule has 0 aliphatic heterocycles. The number of aromatic nitrogens is 3. The number of nitrogens with zero attached hydrogens (tertiary/aromatic N) is 3. The SMILES string of the molecule is COc1nc(N)nc(Oc2ccccc2F)n1. The standard InChI is InChI=1S/C10H9FN4O2/c1-16-9-13-8(12)14-10(15-9)17-7-5-3-2-4-6(7)11/h2-5H,1H3,(H2,12,13,14,15). The minimum absolute atomic E-state index is 0.000142.